The van der Waals surface area contributed by atoms with Gasteiger partial charge in [0.1, 0.15) is 24.8 Å². The fraction of sp³-hybridized carbons (Fsp3) is 0.435. The molecule has 3 aromatic rings. The number of imidazole rings is 1. The van der Waals surface area contributed by atoms with Gasteiger partial charge in [0.05, 0.1) is 2.74 Å². The number of hydrogen-bond acceptors (Lipinski definition) is 7. The minimum Gasteiger partial charge on any atom is -0.489 e. The molecule has 0 fully saturated rings. The number of aromatic nitrogens is 4. The number of hydrogen-bond donors (Lipinski definition) is 2. The number of H-pyrrole nitrogens is 1. The van der Waals surface area contributed by atoms with Crippen LogP contribution in [0.5, 0.6) is 17.5 Å². The molecule has 3 rings (SSSR count). The molecule has 0 aliphatic carbocycles. The number of benzene rings is 1. The van der Waals surface area contributed by atoms with Crippen LogP contribution in [0.1, 0.15) is 9.16 Å². The lowest BCUT2D eigenvalue weighted by molar-refractivity contribution is 0.0853. The molecule has 0 amide bonds. The summed E-state index contributed by atoms with van der Waals surface area (Å²) in [5.74, 6) is 0.946. The van der Waals surface area contributed by atoms with Crippen LogP contribution in [-0.4, -0.2) is 52.1 Å². The Morgan fingerprint density at radius 3 is 2.74 bits per heavy atom. The van der Waals surface area contributed by atoms with Crippen LogP contribution in [0.4, 0.5) is 0 Å². The molecule has 0 aliphatic heterocycles. The van der Waals surface area contributed by atoms with E-state index in [4.69, 9.17) is 17.0 Å². The first-order valence-corrected chi connectivity index (χ1v) is 14.6. The largest absolute Gasteiger partial charge is 0.489 e. The minimum absolute atomic E-state index is 0.00374. The quantitative estimate of drug-likeness (QED) is 0.215. The normalized spacial score (nSPS) is 12.9. The van der Waals surface area contributed by atoms with Gasteiger partial charge in [-0.15, -0.1) is 0 Å². The molecule has 0 atom stereocenters. The third-order valence-electron chi connectivity index (χ3n) is 4.89. The second-order valence-electron chi connectivity index (χ2n) is 8.84. The Bertz CT molecular complexity index is 1320. The van der Waals surface area contributed by atoms with Crippen LogP contribution >= 0.6 is 0 Å². The Morgan fingerprint density at radius 1 is 1.26 bits per heavy atom. The van der Waals surface area contributed by atoms with Crippen molar-refractivity contribution in [2.75, 3.05) is 19.8 Å². The van der Waals surface area contributed by atoms with E-state index >= 15 is 0 Å². The van der Waals surface area contributed by atoms with Gasteiger partial charge in [-0.25, -0.2) is 4.79 Å². The van der Waals surface area contributed by atoms with E-state index in [1.165, 1.54) is 4.57 Å². The van der Waals surface area contributed by atoms with E-state index in [2.05, 4.69) is 36.2 Å². The van der Waals surface area contributed by atoms with E-state index in [1.54, 1.807) is 30.3 Å². The number of nitrogens with one attached hydrogen (secondary N) is 1. The lowest BCUT2D eigenvalue weighted by Crippen LogP contribution is -2.40. The van der Waals surface area contributed by atoms with Crippen molar-refractivity contribution in [2.24, 2.45) is 0 Å². The third-order valence-corrected chi connectivity index (χ3v) is 6.60. The van der Waals surface area contributed by atoms with Gasteiger partial charge < -0.3 is 24.3 Å². The van der Waals surface area contributed by atoms with Gasteiger partial charge in [-0.3, -0.25) is 13.9 Å². The fourth-order valence-corrected chi connectivity index (χ4v) is 3.85. The van der Waals surface area contributed by atoms with Gasteiger partial charge in [0, 0.05) is 33.9 Å². The average molecular weight is 491 g/mol. The molecule has 10 nitrogen and oxygen atoms in total. The molecule has 0 spiro atoms. The summed E-state index contributed by atoms with van der Waals surface area (Å²) < 4.78 is 33.8. The molecule has 0 radical (unpaired) electrons. The average Bonchev–Trinajstić information content (AvgIpc) is 3.19. The van der Waals surface area contributed by atoms with Gasteiger partial charge in [-0.05, 0) is 24.6 Å². The lowest BCUT2D eigenvalue weighted by Gasteiger charge is -2.16. The van der Waals surface area contributed by atoms with Crippen molar-refractivity contribution in [2.45, 2.75) is 45.4 Å². The number of fused-ring (bicyclic) bond motifs is 1. The maximum absolute atomic E-state index is 13.2. The first-order chi connectivity index (χ1) is 16.9. The Morgan fingerprint density at radius 2 is 2.03 bits per heavy atom. The molecule has 2 aromatic heterocycles. The molecule has 11 heteroatoms. The number of nitrogens with zero attached hydrogens (tertiary/aromatic N) is 3. The summed E-state index contributed by atoms with van der Waals surface area (Å²) >= 11 is 0. The number of aliphatic hydroxyl groups is 1. The summed E-state index contributed by atoms with van der Waals surface area (Å²) in [7, 11) is -1.36. The van der Waals surface area contributed by atoms with Gasteiger partial charge >= 0.3 is 11.7 Å². The van der Waals surface area contributed by atoms with Gasteiger partial charge in [0.2, 0.25) is 0 Å². The van der Waals surface area contributed by atoms with Crippen molar-refractivity contribution in [1.82, 2.24) is 19.1 Å². The Balaban J connectivity index is 1.97. The van der Waals surface area contributed by atoms with Crippen molar-refractivity contribution in [3.63, 3.8) is 0 Å². The number of ether oxygens (including phenoxy) is 3. The summed E-state index contributed by atoms with van der Waals surface area (Å²) in [6, 6.07) is 7.67. The first kappa shape index (κ1) is 22.6. The SMILES string of the molecule is [2H]C([2H])(O)CCn1c(=O)c2[nH]c(Oc3cccc(OCC=C)c3)nc2n(COCC[Si](C)(C)C)c1=O. The van der Waals surface area contributed by atoms with Gasteiger partial charge in [0.25, 0.3) is 5.56 Å². The molecule has 2 heterocycles. The zero-order valence-corrected chi connectivity index (χ0v) is 20.7. The second kappa shape index (κ2) is 11.3. The van der Waals surface area contributed by atoms with Crippen LogP contribution in [-0.2, 0) is 18.0 Å². The molecule has 0 unspecified atom stereocenters. The Kier molecular flexibility index (Phi) is 7.53. The van der Waals surface area contributed by atoms with E-state index in [-0.39, 0.29) is 30.4 Å². The topological polar surface area (TPSA) is 121 Å². The van der Waals surface area contributed by atoms with Gasteiger partial charge in [-0.2, -0.15) is 4.98 Å². The Hall–Kier alpha value is -3.15. The van der Waals surface area contributed by atoms with Crippen LogP contribution < -0.4 is 20.7 Å². The molecule has 0 bridgehead atoms. The summed E-state index contributed by atoms with van der Waals surface area (Å²) in [5, 5.41) is 9.47. The standard InChI is InChI=1S/C23H32N4O6Si/c1-5-12-32-17-8-6-9-18(15-17)33-22-24-19-20(25-22)27(16-31-13-14-34(2,3)4)23(30)26(21(19)29)10-7-11-28/h5-6,8-9,15,28H,1,7,10-14,16H2,2-4H3,(H,24,25)/i11D2. The maximum atomic E-state index is 13.2. The molecule has 2 N–H and O–H groups in total. The van der Waals surface area contributed by atoms with Gasteiger partial charge in [0.15, 0.2) is 11.2 Å². The number of aromatic amines is 1. The highest BCUT2D eigenvalue weighted by atomic mass is 28.3. The lowest BCUT2D eigenvalue weighted by atomic mass is 10.3. The van der Waals surface area contributed by atoms with Crippen LogP contribution in [0.25, 0.3) is 11.2 Å². The molecular weight excluding hydrogens is 456 g/mol. The van der Waals surface area contributed by atoms with Crippen LogP contribution in [0.15, 0.2) is 46.5 Å². The van der Waals surface area contributed by atoms with Crippen LogP contribution in [0, 0.1) is 0 Å². The molecule has 0 aliphatic rings. The highest BCUT2D eigenvalue weighted by Gasteiger charge is 2.19. The van der Waals surface area contributed by atoms with E-state index < -0.39 is 32.3 Å². The van der Waals surface area contributed by atoms with Crippen LogP contribution in [0.3, 0.4) is 0 Å². The minimum atomic E-state index is -2.54. The van der Waals surface area contributed by atoms with Crippen molar-refractivity contribution < 1.29 is 22.1 Å². The smallest absolute Gasteiger partial charge is 0.334 e. The van der Waals surface area contributed by atoms with E-state index in [0.717, 1.165) is 10.6 Å². The van der Waals surface area contributed by atoms with Crippen molar-refractivity contribution in [1.29, 1.82) is 0 Å². The zero-order chi connectivity index (χ0) is 26.5. The molecule has 1 aromatic carbocycles. The molecule has 0 saturated heterocycles. The van der Waals surface area contributed by atoms with Crippen molar-refractivity contribution in [3.05, 3.63) is 57.8 Å². The molecular formula is C23H32N4O6Si. The van der Waals surface area contributed by atoms with Crippen molar-refractivity contribution in [3.8, 4) is 17.5 Å². The Labute approximate surface area is 201 Å². The van der Waals surface area contributed by atoms with Gasteiger partial charge in [-0.1, -0.05) is 38.4 Å². The summed E-state index contributed by atoms with van der Waals surface area (Å²) in [6.45, 7) is 7.97. The van der Waals surface area contributed by atoms with E-state index in [9.17, 15) is 14.7 Å². The highest BCUT2D eigenvalue weighted by molar-refractivity contribution is 6.76. The maximum Gasteiger partial charge on any atom is 0.334 e. The predicted octanol–water partition coefficient (Wildman–Crippen LogP) is 2.94. The van der Waals surface area contributed by atoms with E-state index in [1.807, 2.05) is 0 Å². The third kappa shape index (κ3) is 6.46. The molecule has 0 saturated carbocycles. The van der Waals surface area contributed by atoms with Crippen LogP contribution in [0.2, 0.25) is 25.7 Å². The van der Waals surface area contributed by atoms with Crippen molar-refractivity contribution >= 4 is 19.2 Å². The molecule has 184 valence electrons. The summed E-state index contributed by atoms with van der Waals surface area (Å²) in [5.41, 5.74) is -1.38. The fourth-order valence-electron chi connectivity index (χ4n) is 3.10. The molecule has 34 heavy (non-hydrogen) atoms. The zero-order valence-electron chi connectivity index (χ0n) is 21.7. The monoisotopic (exact) mass is 490 g/mol. The summed E-state index contributed by atoms with van der Waals surface area (Å²) in [6.07, 6.45) is 1.17. The predicted molar refractivity (Wildman–Crippen MR) is 133 cm³/mol. The first-order valence-electron chi connectivity index (χ1n) is 11.9. The highest BCUT2D eigenvalue weighted by Crippen LogP contribution is 2.24. The van der Waals surface area contributed by atoms with E-state index in [0.29, 0.717) is 24.7 Å². The number of rotatable bonds is 13. The second-order valence-corrected chi connectivity index (χ2v) is 14.5. The summed E-state index contributed by atoms with van der Waals surface area (Å²) in [4.78, 5) is 33.4.